The van der Waals surface area contributed by atoms with E-state index in [9.17, 15) is 9.18 Å². The number of benzene rings is 1. The van der Waals surface area contributed by atoms with Crippen LogP contribution < -0.4 is 11.1 Å². The monoisotopic (exact) mass is 273 g/mol. The number of nitrogens with two attached hydrogens (primary N) is 1. The molecular formula is C14H12FN3O2. The SMILES string of the molecule is Cc1cc(NC(=O)c2ccc(F)cc2C#CCN)no1. The van der Waals surface area contributed by atoms with E-state index in [0.717, 1.165) is 0 Å². The van der Waals surface area contributed by atoms with E-state index in [1.807, 2.05) is 0 Å². The number of nitrogens with one attached hydrogen (secondary N) is 1. The summed E-state index contributed by atoms with van der Waals surface area (Å²) in [5.74, 6) is 5.20. The molecule has 0 fully saturated rings. The summed E-state index contributed by atoms with van der Waals surface area (Å²) in [4.78, 5) is 12.1. The highest BCUT2D eigenvalue weighted by Crippen LogP contribution is 2.14. The van der Waals surface area contributed by atoms with Gasteiger partial charge in [-0.15, -0.1) is 0 Å². The van der Waals surface area contributed by atoms with Crippen molar-refractivity contribution in [2.75, 3.05) is 11.9 Å². The van der Waals surface area contributed by atoms with Crippen LogP contribution in [0.5, 0.6) is 0 Å². The molecule has 0 unspecified atom stereocenters. The van der Waals surface area contributed by atoms with E-state index in [1.54, 1.807) is 13.0 Å². The summed E-state index contributed by atoms with van der Waals surface area (Å²) in [5, 5.41) is 6.20. The Labute approximate surface area is 114 Å². The van der Waals surface area contributed by atoms with Crippen LogP contribution in [-0.2, 0) is 0 Å². The fraction of sp³-hybridized carbons (Fsp3) is 0.143. The molecule has 1 amide bonds. The van der Waals surface area contributed by atoms with Crippen molar-refractivity contribution in [1.29, 1.82) is 0 Å². The second kappa shape index (κ2) is 5.99. The van der Waals surface area contributed by atoms with E-state index >= 15 is 0 Å². The Hall–Kier alpha value is -2.65. The minimum atomic E-state index is -0.472. The van der Waals surface area contributed by atoms with Crippen molar-refractivity contribution in [3.05, 3.63) is 47.0 Å². The number of nitrogens with zero attached hydrogens (tertiary/aromatic N) is 1. The number of carbonyl (C=O) groups excluding carboxylic acids is 1. The van der Waals surface area contributed by atoms with Crippen LogP contribution in [0.2, 0.25) is 0 Å². The molecule has 1 aromatic heterocycles. The molecule has 6 heteroatoms. The number of hydrogen-bond acceptors (Lipinski definition) is 4. The van der Waals surface area contributed by atoms with Crippen molar-refractivity contribution in [2.24, 2.45) is 5.73 Å². The predicted octanol–water partition coefficient (Wildman–Crippen LogP) is 1.68. The highest BCUT2D eigenvalue weighted by molar-refractivity contribution is 6.05. The number of halogens is 1. The fourth-order valence-corrected chi connectivity index (χ4v) is 1.57. The molecule has 0 saturated heterocycles. The minimum Gasteiger partial charge on any atom is -0.360 e. The molecule has 102 valence electrons. The van der Waals surface area contributed by atoms with E-state index < -0.39 is 11.7 Å². The number of amides is 1. The highest BCUT2D eigenvalue weighted by Gasteiger charge is 2.13. The molecule has 0 spiro atoms. The minimum absolute atomic E-state index is 0.125. The Morgan fingerprint density at radius 2 is 2.30 bits per heavy atom. The molecule has 0 aliphatic rings. The van der Waals surface area contributed by atoms with Crippen molar-refractivity contribution < 1.29 is 13.7 Å². The van der Waals surface area contributed by atoms with Gasteiger partial charge in [0.15, 0.2) is 5.82 Å². The van der Waals surface area contributed by atoms with Crippen molar-refractivity contribution in [3.63, 3.8) is 0 Å². The molecule has 0 atom stereocenters. The Morgan fingerprint density at radius 3 is 2.95 bits per heavy atom. The van der Waals surface area contributed by atoms with Gasteiger partial charge in [0.05, 0.1) is 12.1 Å². The number of carbonyl (C=O) groups is 1. The predicted molar refractivity (Wildman–Crippen MR) is 71.5 cm³/mol. The summed E-state index contributed by atoms with van der Waals surface area (Å²) in [6, 6.07) is 5.31. The van der Waals surface area contributed by atoms with Crippen LogP contribution >= 0.6 is 0 Å². The molecular weight excluding hydrogens is 261 g/mol. The number of hydrogen-bond donors (Lipinski definition) is 2. The zero-order valence-corrected chi connectivity index (χ0v) is 10.7. The zero-order valence-electron chi connectivity index (χ0n) is 10.7. The second-order valence-corrected chi connectivity index (χ2v) is 3.97. The average molecular weight is 273 g/mol. The Kier molecular flexibility index (Phi) is 4.13. The molecule has 5 nitrogen and oxygen atoms in total. The van der Waals surface area contributed by atoms with Crippen molar-refractivity contribution >= 4 is 11.7 Å². The number of aromatic nitrogens is 1. The summed E-state index contributed by atoms with van der Waals surface area (Å²) in [6.45, 7) is 1.83. The largest absolute Gasteiger partial charge is 0.360 e. The van der Waals surface area contributed by atoms with Gasteiger partial charge in [-0.25, -0.2) is 4.39 Å². The number of rotatable bonds is 2. The molecule has 20 heavy (non-hydrogen) atoms. The van der Waals surface area contributed by atoms with E-state index in [2.05, 4.69) is 22.3 Å². The van der Waals surface area contributed by atoms with Crippen molar-refractivity contribution in [2.45, 2.75) is 6.92 Å². The van der Waals surface area contributed by atoms with Crippen LogP contribution in [0.1, 0.15) is 21.7 Å². The summed E-state index contributed by atoms with van der Waals surface area (Å²) in [7, 11) is 0. The molecule has 1 heterocycles. The molecule has 0 bridgehead atoms. The zero-order chi connectivity index (χ0) is 14.5. The fourth-order valence-electron chi connectivity index (χ4n) is 1.57. The Morgan fingerprint density at radius 1 is 1.50 bits per heavy atom. The van der Waals surface area contributed by atoms with Gasteiger partial charge in [-0.2, -0.15) is 0 Å². The molecule has 3 N–H and O–H groups in total. The van der Waals surface area contributed by atoms with Gasteiger partial charge in [-0.1, -0.05) is 17.0 Å². The quantitative estimate of drug-likeness (QED) is 0.816. The molecule has 0 aliphatic heterocycles. The maximum atomic E-state index is 13.2. The van der Waals surface area contributed by atoms with Crippen LogP contribution in [0.4, 0.5) is 10.2 Å². The maximum Gasteiger partial charge on any atom is 0.258 e. The smallest absolute Gasteiger partial charge is 0.258 e. The molecule has 2 aromatic rings. The molecule has 0 aliphatic carbocycles. The third-order valence-electron chi connectivity index (χ3n) is 2.42. The van der Waals surface area contributed by atoms with Crippen molar-refractivity contribution in [3.8, 4) is 11.8 Å². The standard InChI is InChI=1S/C14H12FN3O2/c1-9-7-13(18-20-9)17-14(19)12-5-4-11(15)8-10(12)3-2-6-16/h4-5,7-8H,6,16H2,1H3,(H,17,18,19). The first-order valence-corrected chi connectivity index (χ1v) is 5.83. The van der Waals surface area contributed by atoms with Gasteiger partial charge in [0.1, 0.15) is 11.6 Å². The molecule has 2 rings (SSSR count). The number of anilines is 1. The first kappa shape index (κ1) is 13.8. The van der Waals surface area contributed by atoms with Gasteiger partial charge >= 0.3 is 0 Å². The number of aryl methyl sites for hydroxylation is 1. The maximum absolute atomic E-state index is 13.2. The van der Waals surface area contributed by atoms with E-state index in [-0.39, 0.29) is 23.5 Å². The van der Waals surface area contributed by atoms with Gasteiger partial charge in [0.25, 0.3) is 5.91 Å². The molecule has 0 saturated carbocycles. The first-order chi connectivity index (χ1) is 9.60. The Bertz CT molecular complexity index is 698. The van der Waals surface area contributed by atoms with Gasteiger partial charge in [0.2, 0.25) is 0 Å². The topological polar surface area (TPSA) is 81.2 Å². The van der Waals surface area contributed by atoms with E-state index in [0.29, 0.717) is 5.76 Å². The first-order valence-electron chi connectivity index (χ1n) is 5.83. The lowest BCUT2D eigenvalue weighted by Crippen LogP contribution is -2.14. The van der Waals surface area contributed by atoms with Gasteiger partial charge in [-0.3, -0.25) is 4.79 Å². The third-order valence-corrected chi connectivity index (χ3v) is 2.42. The average Bonchev–Trinajstić information content (AvgIpc) is 2.81. The van der Waals surface area contributed by atoms with Gasteiger partial charge in [-0.05, 0) is 25.1 Å². The molecule has 0 radical (unpaired) electrons. The summed E-state index contributed by atoms with van der Waals surface area (Å²) >= 11 is 0. The van der Waals surface area contributed by atoms with E-state index in [4.69, 9.17) is 10.3 Å². The highest BCUT2D eigenvalue weighted by atomic mass is 19.1. The van der Waals surface area contributed by atoms with Crippen molar-refractivity contribution in [1.82, 2.24) is 5.16 Å². The lowest BCUT2D eigenvalue weighted by atomic mass is 10.1. The molecule has 1 aromatic carbocycles. The van der Waals surface area contributed by atoms with Crippen LogP contribution in [0.3, 0.4) is 0 Å². The Balaban J connectivity index is 2.29. The van der Waals surface area contributed by atoms with Gasteiger partial charge in [0, 0.05) is 11.6 Å². The van der Waals surface area contributed by atoms with Gasteiger partial charge < -0.3 is 15.6 Å². The van der Waals surface area contributed by atoms with E-state index in [1.165, 1.54) is 18.2 Å². The van der Waals surface area contributed by atoms with Crippen LogP contribution in [0.15, 0.2) is 28.8 Å². The lowest BCUT2D eigenvalue weighted by molar-refractivity contribution is 0.102. The second-order valence-electron chi connectivity index (χ2n) is 3.97. The van der Waals surface area contributed by atoms with Crippen LogP contribution in [0, 0.1) is 24.6 Å². The third kappa shape index (κ3) is 3.22. The van der Waals surface area contributed by atoms with Crippen LogP contribution in [-0.4, -0.2) is 17.6 Å². The summed E-state index contributed by atoms with van der Waals surface area (Å²) in [5.41, 5.74) is 5.79. The summed E-state index contributed by atoms with van der Waals surface area (Å²) in [6.07, 6.45) is 0. The normalized spacial score (nSPS) is 9.75. The van der Waals surface area contributed by atoms with Crippen LogP contribution in [0.25, 0.3) is 0 Å². The lowest BCUT2D eigenvalue weighted by Gasteiger charge is -2.04. The summed E-state index contributed by atoms with van der Waals surface area (Å²) < 4.78 is 18.1.